The van der Waals surface area contributed by atoms with E-state index in [1.165, 1.54) is 17.7 Å². The lowest BCUT2D eigenvalue weighted by Crippen LogP contribution is -2.08. The number of aryl methyl sites for hydroxylation is 2. The van der Waals surface area contributed by atoms with E-state index < -0.39 is 10.1 Å². The van der Waals surface area contributed by atoms with E-state index in [0.29, 0.717) is 0 Å². The maximum atomic E-state index is 10.5. The molecule has 2 rings (SSSR count). The molecule has 2 aromatic carbocycles. The molecule has 2 N–H and O–H groups in total. The monoisotopic (exact) mass is 351 g/mol. The SMILES string of the molecule is CNCCCc1ccccc1OC.Cc1ccc(S(=O)(=O)O)cc1. The average molecular weight is 351 g/mol. The van der Waals surface area contributed by atoms with Gasteiger partial charge in [0.1, 0.15) is 5.75 Å². The number of para-hydroxylation sites is 1. The van der Waals surface area contributed by atoms with Crippen LogP contribution in [-0.2, 0) is 16.5 Å². The van der Waals surface area contributed by atoms with Gasteiger partial charge in [-0.3, -0.25) is 4.55 Å². The molecule has 0 aliphatic carbocycles. The number of ether oxygens (including phenoxy) is 1. The highest BCUT2D eigenvalue weighted by Gasteiger charge is 2.06. The Balaban J connectivity index is 0.000000243. The van der Waals surface area contributed by atoms with Crippen LogP contribution in [0.25, 0.3) is 0 Å². The maximum Gasteiger partial charge on any atom is 0.294 e. The van der Waals surface area contributed by atoms with Crippen molar-refractivity contribution >= 4 is 10.1 Å². The van der Waals surface area contributed by atoms with Gasteiger partial charge in [-0.15, -0.1) is 0 Å². The van der Waals surface area contributed by atoms with Gasteiger partial charge in [0.15, 0.2) is 0 Å². The Hall–Kier alpha value is -1.89. The van der Waals surface area contributed by atoms with Crippen LogP contribution in [0.1, 0.15) is 17.5 Å². The average Bonchev–Trinajstić information content (AvgIpc) is 2.56. The first-order valence-electron chi connectivity index (χ1n) is 7.69. The molecule has 0 unspecified atom stereocenters. The normalized spacial score (nSPS) is 10.7. The minimum Gasteiger partial charge on any atom is -0.496 e. The standard InChI is InChI=1S/C11H17NO.C7H8O3S/c1-12-9-5-7-10-6-3-4-8-11(10)13-2;1-6-2-4-7(5-3-6)11(8,9)10/h3-4,6,8,12H,5,7,9H2,1-2H3;2-5H,1H3,(H,8,9,10). The molecule has 0 radical (unpaired) electrons. The van der Waals surface area contributed by atoms with Crippen LogP contribution in [0.4, 0.5) is 0 Å². The van der Waals surface area contributed by atoms with Crippen molar-refractivity contribution in [3.63, 3.8) is 0 Å². The van der Waals surface area contributed by atoms with Crippen LogP contribution in [0.3, 0.4) is 0 Å². The Kier molecular flexibility index (Phi) is 8.46. The lowest BCUT2D eigenvalue weighted by Gasteiger charge is -2.07. The fourth-order valence-corrected chi connectivity index (χ4v) is 2.56. The van der Waals surface area contributed by atoms with E-state index in [-0.39, 0.29) is 4.90 Å². The van der Waals surface area contributed by atoms with Crippen LogP contribution in [0.5, 0.6) is 5.75 Å². The summed E-state index contributed by atoms with van der Waals surface area (Å²) in [5.74, 6) is 0.999. The van der Waals surface area contributed by atoms with Crippen molar-refractivity contribution in [2.45, 2.75) is 24.7 Å². The van der Waals surface area contributed by atoms with Crippen LogP contribution >= 0.6 is 0 Å². The Bertz CT molecular complexity index is 712. The summed E-state index contributed by atoms with van der Waals surface area (Å²) in [5.41, 5.74) is 2.25. The van der Waals surface area contributed by atoms with Crippen molar-refractivity contribution in [3.05, 3.63) is 59.7 Å². The third-order valence-electron chi connectivity index (χ3n) is 3.38. The zero-order valence-electron chi connectivity index (χ0n) is 14.3. The zero-order valence-corrected chi connectivity index (χ0v) is 15.1. The van der Waals surface area contributed by atoms with E-state index in [1.54, 1.807) is 19.2 Å². The lowest BCUT2D eigenvalue weighted by molar-refractivity contribution is 0.409. The van der Waals surface area contributed by atoms with Crippen molar-refractivity contribution in [2.24, 2.45) is 0 Å². The first kappa shape index (κ1) is 20.2. The van der Waals surface area contributed by atoms with Crippen LogP contribution < -0.4 is 10.1 Å². The van der Waals surface area contributed by atoms with E-state index in [4.69, 9.17) is 9.29 Å². The van der Waals surface area contributed by atoms with Gasteiger partial charge in [-0.05, 0) is 57.1 Å². The molecule has 5 nitrogen and oxygen atoms in total. The first-order chi connectivity index (χ1) is 11.4. The third kappa shape index (κ3) is 7.12. The van der Waals surface area contributed by atoms with E-state index in [0.717, 1.165) is 30.7 Å². The summed E-state index contributed by atoms with van der Waals surface area (Å²) in [5, 5.41) is 3.13. The van der Waals surface area contributed by atoms with E-state index >= 15 is 0 Å². The van der Waals surface area contributed by atoms with Gasteiger partial charge in [-0.2, -0.15) is 8.42 Å². The van der Waals surface area contributed by atoms with Crippen molar-refractivity contribution in [2.75, 3.05) is 20.7 Å². The van der Waals surface area contributed by atoms with Gasteiger partial charge in [0.25, 0.3) is 10.1 Å². The van der Waals surface area contributed by atoms with Gasteiger partial charge in [0.05, 0.1) is 12.0 Å². The van der Waals surface area contributed by atoms with Crippen LogP contribution in [-0.4, -0.2) is 33.7 Å². The highest BCUT2D eigenvalue weighted by atomic mass is 32.2. The largest absolute Gasteiger partial charge is 0.496 e. The van der Waals surface area contributed by atoms with Gasteiger partial charge < -0.3 is 10.1 Å². The summed E-state index contributed by atoms with van der Waals surface area (Å²) < 4.78 is 34.8. The minimum atomic E-state index is -4.02. The number of nitrogens with one attached hydrogen (secondary N) is 1. The molecule has 0 amide bonds. The second-order valence-corrected chi connectivity index (χ2v) is 6.73. The van der Waals surface area contributed by atoms with E-state index in [2.05, 4.69) is 17.4 Å². The van der Waals surface area contributed by atoms with E-state index in [1.807, 2.05) is 26.1 Å². The summed E-state index contributed by atoms with van der Waals surface area (Å²) in [6, 6.07) is 14.2. The highest BCUT2D eigenvalue weighted by molar-refractivity contribution is 7.85. The molecule has 0 saturated carbocycles. The van der Waals surface area contributed by atoms with Crippen molar-refractivity contribution in [1.82, 2.24) is 5.32 Å². The van der Waals surface area contributed by atoms with Gasteiger partial charge in [0.2, 0.25) is 0 Å². The number of hydrogen-bond donors (Lipinski definition) is 2. The Morgan fingerprint density at radius 1 is 1.08 bits per heavy atom. The molecule has 0 atom stereocenters. The highest BCUT2D eigenvalue weighted by Crippen LogP contribution is 2.18. The van der Waals surface area contributed by atoms with Crippen LogP contribution in [0.15, 0.2) is 53.4 Å². The van der Waals surface area contributed by atoms with Crippen molar-refractivity contribution in [1.29, 1.82) is 0 Å². The third-order valence-corrected chi connectivity index (χ3v) is 4.25. The second kappa shape index (κ2) is 10.1. The fourth-order valence-electron chi connectivity index (χ4n) is 2.08. The topological polar surface area (TPSA) is 75.6 Å². The second-order valence-electron chi connectivity index (χ2n) is 5.31. The number of rotatable bonds is 6. The van der Waals surface area contributed by atoms with Gasteiger partial charge >= 0.3 is 0 Å². The lowest BCUT2D eigenvalue weighted by atomic mass is 10.1. The predicted octanol–water partition coefficient (Wildman–Crippen LogP) is 3.09. The Labute approximate surface area is 144 Å². The molecular weight excluding hydrogens is 326 g/mol. The first-order valence-corrected chi connectivity index (χ1v) is 9.13. The maximum absolute atomic E-state index is 10.5. The zero-order chi connectivity index (χ0) is 18.0. The predicted molar refractivity (Wildman–Crippen MR) is 96.2 cm³/mol. The molecular formula is C18H25NO4S. The van der Waals surface area contributed by atoms with Crippen molar-refractivity contribution in [3.8, 4) is 5.75 Å². The smallest absolute Gasteiger partial charge is 0.294 e. The summed E-state index contributed by atoms with van der Waals surface area (Å²) in [4.78, 5) is -0.0666. The Morgan fingerprint density at radius 3 is 2.25 bits per heavy atom. The molecule has 0 aliphatic heterocycles. The molecule has 24 heavy (non-hydrogen) atoms. The summed E-state index contributed by atoms with van der Waals surface area (Å²) in [6.45, 7) is 2.89. The number of hydrogen-bond acceptors (Lipinski definition) is 4. The molecule has 2 aromatic rings. The quantitative estimate of drug-likeness (QED) is 0.618. The summed E-state index contributed by atoms with van der Waals surface area (Å²) >= 11 is 0. The van der Waals surface area contributed by atoms with Gasteiger partial charge in [-0.25, -0.2) is 0 Å². The number of benzene rings is 2. The van der Waals surface area contributed by atoms with Crippen LogP contribution in [0, 0.1) is 6.92 Å². The molecule has 6 heteroatoms. The molecule has 0 fully saturated rings. The van der Waals surface area contributed by atoms with Crippen LogP contribution in [0.2, 0.25) is 0 Å². The molecule has 0 saturated heterocycles. The molecule has 132 valence electrons. The fraction of sp³-hybridized carbons (Fsp3) is 0.333. The Morgan fingerprint density at radius 2 is 1.71 bits per heavy atom. The molecule has 0 heterocycles. The van der Waals surface area contributed by atoms with Gasteiger partial charge in [-0.1, -0.05) is 35.9 Å². The molecule has 0 aliphatic rings. The summed E-state index contributed by atoms with van der Waals surface area (Å²) in [7, 11) is -0.326. The minimum absolute atomic E-state index is 0.0666. The van der Waals surface area contributed by atoms with Crippen molar-refractivity contribution < 1.29 is 17.7 Å². The van der Waals surface area contributed by atoms with Gasteiger partial charge in [0, 0.05) is 0 Å². The molecule has 0 spiro atoms. The summed E-state index contributed by atoms with van der Waals surface area (Å²) in [6.07, 6.45) is 2.22. The number of methoxy groups -OCH3 is 1. The van der Waals surface area contributed by atoms with E-state index in [9.17, 15) is 8.42 Å². The molecule has 0 bridgehead atoms. The molecule has 0 aromatic heterocycles.